The van der Waals surface area contributed by atoms with Crippen molar-refractivity contribution in [2.45, 2.75) is 38.6 Å². The van der Waals surface area contributed by atoms with Crippen LogP contribution in [0.2, 0.25) is 0 Å². The minimum absolute atomic E-state index is 0.151. The monoisotopic (exact) mass is 320 g/mol. The number of ether oxygens (including phenoxy) is 3. The van der Waals surface area contributed by atoms with Gasteiger partial charge in [0.1, 0.15) is 6.04 Å². The first-order chi connectivity index (χ1) is 11.1. The molecule has 0 spiro atoms. The van der Waals surface area contributed by atoms with Gasteiger partial charge < -0.3 is 19.5 Å². The Kier molecular flexibility index (Phi) is 7.75. The summed E-state index contributed by atoms with van der Waals surface area (Å²) < 4.78 is 16.0. The van der Waals surface area contributed by atoms with Crippen LogP contribution in [0.4, 0.5) is 0 Å². The quantitative estimate of drug-likeness (QED) is 0.756. The van der Waals surface area contributed by atoms with Gasteiger partial charge in [0.15, 0.2) is 11.5 Å². The summed E-state index contributed by atoms with van der Waals surface area (Å²) in [7, 11) is 4.65. The SMILES string of the molecule is CCCC(C#N)NC(=O)CCc1ccc(OC)c(OC)c1OC. The minimum Gasteiger partial charge on any atom is -0.493 e. The van der Waals surface area contributed by atoms with E-state index in [1.807, 2.05) is 13.0 Å². The molecule has 0 aliphatic heterocycles. The summed E-state index contributed by atoms with van der Waals surface area (Å²) in [4.78, 5) is 12.0. The molecule has 1 unspecified atom stereocenters. The molecule has 1 aromatic carbocycles. The number of nitrogens with zero attached hydrogens (tertiary/aromatic N) is 1. The smallest absolute Gasteiger partial charge is 0.221 e. The zero-order valence-corrected chi connectivity index (χ0v) is 14.1. The summed E-state index contributed by atoms with van der Waals surface area (Å²) in [5.74, 6) is 1.49. The molecule has 1 rings (SSSR count). The van der Waals surface area contributed by atoms with E-state index >= 15 is 0 Å². The number of amides is 1. The van der Waals surface area contributed by atoms with E-state index in [2.05, 4.69) is 11.4 Å². The average molecular weight is 320 g/mol. The maximum Gasteiger partial charge on any atom is 0.221 e. The van der Waals surface area contributed by atoms with E-state index in [9.17, 15) is 4.79 Å². The summed E-state index contributed by atoms with van der Waals surface area (Å²) in [6.07, 6.45) is 2.26. The maximum absolute atomic E-state index is 12.0. The number of carbonyl (C=O) groups excluding carboxylic acids is 1. The number of methoxy groups -OCH3 is 3. The molecule has 126 valence electrons. The van der Waals surface area contributed by atoms with E-state index in [1.165, 1.54) is 0 Å². The largest absolute Gasteiger partial charge is 0.493 e. The third kappa shape index (κ3) is 5.06. The highest BCUT2D eigenvalue weighted by molar-refractivity contribution is 5.77. The van der Waals surface area contributed by atoms with E-state index in [-0.39, 0.29) is 12.3 Å². The van der Waals surface area contributed by atoms with Crippen LogP contribution in [0.3, 0.4) is 0 Å². The Morgan fingerprint density at radius 2 is 1.91 bits per heavy atom. The van der Waals surface area contributed by atoms with Crippen molar-refractivity contribution < 1.29 is 19.0 Å². The fourth-order valence-electron chi connectivity index (χ4n) is 2.33. The molecule has 6 heteroatoms. The van der Waals surface area contributed by atoms with Gasteiger partial charge in [-0.25, -0.2) is 0 Å². The minimum atomic E-state index is -0.431. The number of rotatable bonds is 9. The van der Waals surface area contributed by atoms with Gasteiger partial charge >= 0.3 is 0 Å². The highest BCUT2D eigenvalue weighted by Gasteiger charge is 2.17. The van der Waals surface area contributed by atoms with Crippen molar-refractivity contribution in [2.75, 3.05) is 21.3 Å². The predicted octanol–water partition coefficient (Wildman–Crippen LogP) is 2.45. The van der Waals surface area contributed by atoms with Gasteiger partial charge in [-0.3, -0.25) is 4.79 Å². The van der Waals surface area contributed by atoms with E-state index in [0.717, 1.165) is 12.0 Å². The number of benzene rings is 1. The highest BCUT2D eigenvalue weighted by Crippen LogP contribution is 2.40. The van der Waals surface area contributed by atoms with Crippen LogP contribution in [0, 0.1) is 11.3 Å². The predicted molar refractivity (Wildman–Crippen MR) is 86.9 cm³/mol. The average Bonchev–Trinajstić information content (AvgIpc) is 2.58. The third-order valence-electron chi connectivity index (χ3n) is 3.48. The normalized spacial score (nSPS) is 11.3. The van der Waals surface area contributed by atoms with Gasteiger partial charge in [-0.15, -0.1) is 0 Å². The molecule has 0 saturated heterocycles. The van der Waals surface area contributed by atoms with E-state index in [4.69, 9.17) is 19.5 Å². The lowest BCUT2D eigenvalue weighted by molar-refractivity contribution is -0.121. The van der Waals surface area contributed by atoms with Crippen LogP contribution in [0.5, 0.6) is 17.2 Å². The van der Waals surface area contributed by atoms with E-state index in [1.54, 1.807) is 27.4 Å². The van der Waals surface area contributed by atoms with Crippen molar-refractivity contribution >= 4 is 5.91 Å². The van der Waals surface area contributed by atoms with Crippen LogP contribution in [-0.2, 0) is 11.2 Å². The Morgan fingerprint density at radius 1 is 1.22 bits per heavy atom. The number of hydrogen-bond acceptors (Lipinski definition) is 5. The van der Waals surface area contributed by atoms with Gasteiger partial charge in [-0.2, -0.15) is 5.26 Å². The molecule has 1 atom stereocenters. The molecular formula is C17H24N2O4. The first-order valence-electron chi connectivity index (χ1n) is 7.58. The highest BCUT2D eigenvalue weighted by atomic mass is 16.5. The number of nitrogens with one attached hydrogen (secondary N) is 1. The number of aryl methyl sites for hydroxylation is 1. The summed E-state index contributed by atoms with van der Waals surface area (Å²) in [6, 6.07) is 5.29. The Hall–Kier alpha value is -2.42. The Balaban J connectivity index is 2.78. The second-order valence-electron chi connectivity index (χ2n) is 5.03. The Bertz CT molecular complexity index is 566. The van der Waals surface area contributed by atoms with Gasteiger partial charge in [-0.1, -0.05) is 19.4 Å². The fourth-order valence-corrected chi connectivity index (χ4v) is 2.33. The van der Waals surface area contributed by atoms with Crippen molar-refractivity contribution in [3.05, 3.63) is 17.7 Å². The summed E-state index contributed by atoms with van der Waals surface area (Å²) in [5, 5.41) is 11.7. The van der Waals surface area contributed by atoms with Crippen molar-refractivity contribution in [2.24, 2.45) is 0 Å². The van der Waals surface area contributed by atoms with Crippen LogP contribution < -0.4 is 19.5 Å². The zero-order chi connectivity index (χ0) is 17.2. The van der Waals surface area contributed by atoms with Crippen LogP contribution >= 0.6 is 0 Å². The molecule has 0 aliphatic carbocycles. The topological polar surface area (TPSA) is 80.6 Å². The summed E-state index contributed by atoms with van der Waals surface area (Å²) in [5.41, 5.74) is 0.851. The number of hydrogen-bond donors (Lipinski definition) is 1. The summed E-state index contributed by atoms with van der Waals surface area (Å²) >= 11 is 0. The molecule has 1 amide bonds. The molecule has 0 radical (unpaired) electrons. The first-order valence-corrected chi connectivity index (χ1v) is 7.58. The lowest BCUT2D eigenvalue weighted by Crippen LogP contribution is -2.33. The fraction of sp³-hybridized carbons (Fsp3) is 0.529. The molecule has 23 heavy (non-hydrogen) atoms. The number of carbonyl (C=O) groups is 1. The van der Waals surface area contributed by atoms with Crippen LogP contribution in [0.1, 0.15) is 31.7 Å². The van der Waals surface area contributed by atoms with E-state index < -0.39 is 6.04 Å². The molecule has 1 aromatic rings. The molecule has 0 fully saturated rings. The van der Waals surface area contributed by atoms with Crippen LogP contribution in [0.15, 0.2) is 12.1 Å². The number of nitriles is 1. The third-order valence-corrected chi connectivity index (χ3v) is 3.48. The molecule has 0 aliphatic rings. The first kappa shape index (κ1) is 18.6. The molecule has 0 saturated carbocycles. The second-order valence-corrected chi connectivity index (χ2v) is 5.03. The van der Waals surface area contributed by atoms with Crippen LogP contribution in [0.25, 0.3) is 0 Å². The second kappa shape index (κ2) is 9.57. The van der Waals surface area contributed by atoms with Crippen molar-refractivity contribution in [3.63, 3.8) is 0 Å². The van der Waals surface area contributed by atoms with Gasteiger partial charge in [0, 0.05) is 6.42 Å². The molecule has 0 aromatic heterocycles. The van der Waals surface area contributed by atoms with Crippen molar-refractivity contribution in [1.82, 2.24) is 5.32 Å². The maximum atomic E-state index is 12.0. The van der Waals surface area contributed by atoms with Crippen molar-refractivity contribution in [3.8, 4) is 23.3 Å². The molecule has 0 heterocycles. The summed E-state index contributed by atoms with van der Waals surface area (Å²) in [6.45, 7) is 1.98. The molecular weight excluding hydrogens is 296 g/mol. The van der Waals surface area contributed by atoms with Crippen LogP contribution in [-0.4, -0.2) is 33.3 Å². The van der Waals surface area contributed by atoms with Gasteiger partial charge in [0.2, 0.25) is 11.7 Å². The standard InChI is InChI=1S/C17H24N2O4/c1-5-6-13(11-18)19-15(20)10-8-12-7-9-14(21-2)17(23-4)16(12)22-3/h7,9,13H,5-6,8,10H2,1-4H3,(H,19,20). The lowest BCUT2D eigenvalue weighted by Gasteiger charge is -2.16. The van der Waals surface area contributed by atoms with Gasteiger partial charge in [0.25, 0.3) is 0 Å². The Labute approximate surface area is 137 Å². The zero-order valence-electron chi connectivity index (χ0n) is 14.1. The molecule has 1 N–H and O–H groups in total. The molecule has 6 nitrogen and oxygen atoms in total. The van der Waals surface area contributed by atoms with Crippen molar-refractivity contribution in [1.29, 1.82) is 5.26 Å². The van der Waals surface area contributed by atoms with E-state index in [0.29, 0.717) is 30.1 Å². The molecule has 0 bridgehead atoms. The Morgan fingerprint density at radius 3 is 2.43 bits per heavy atom. The van der Waals surface area contributed by atoms with Gasteiger partial charge in [-0.05, 0) is 24.5 Å². The van der Waals surface area contributed by atoms with Gasteiger partial charge in [0.05, 0.1) is 27.4 Å². The lowest BCUT2D eigenvalue weighted by atomic mass is 10.1.